The van der Waals surface area contributed by atoms with Crippen molar-refractivity contribution in [3.63, 3.8) is 0 Å². The summed E-state index contributed by atoms with van der Waals surface area (Å²) in [6, 6.07) is 13.6. The summed E-state index contributed by atoms with van der Waals surface area (Å²) in [5.74, 6) is 1.53. The number of rotatable bonds is 10. The van der Waals surface area contributed by atoms with Crippen molar-refractivity contribution >= 4 is 28.5 Å². The maximum absolute atomic E-state index is 13.8. The molecule has 11 nitrogen and oxygen atoms in total. The fraction of sp³-hybridized carbons (Fsp3) is 0.371. The minimum absolute atomic E-state index is 0.146. The smallest absolute Gasteiger partial charge is 0.243 e. The largest absolute Gasteiger partial charge is 0.493 e. The number of amides is 2. The first-order valence-corrected chi connectivity index (χ1v) is 15.3. The summed E-state index contributed by atoms with van der Waals surface area (Å²) < 4.78 is 19.1. The average molecular weight is 628 g/mol. The highest BCUT2D eigenvalue weighted by Gasteiger charge is 2.30. The first-order valence-electron chi connectivity index (χ1n) is 15.3. The molecule has 0 saturated carbocycles. The average Bonchev–Trinajstić information content (AvgIpc) is 3.17. The molecular weight excluding hydrogens is 586 g/mol. The number of aromatic nitrogens is 2. The van der Waals surface area contributed by atoms with E-state index < -0.39 is 12.1 Å². The first-order chi connectivity index (χ1) is 22.1. The van der Waals surface area contributed by atoms with Gasteiger partial charge < -0.3 is 34.7 Å². The first kappa shape index (κ1) is 32.3. The normalized spacial score (nSPS) is 14.5. The molecule has 11 heteroatoms. The predicted octanol–water partition coefficient (Wildman–Crippen LogP) is 4.50. The molecule has 0 radical (unpaired) electrons. The summed E-state index contributed by atoms with van der Waals surface area (Å²) >= 11 is 0. The summed E-state index contributed by atoms with van der Waals surface area (Å²) in [7, 11) is 6.58. The van der Waals surface area contributed by atoms with E-state index in [0.29, 0.717) is 41.2 Å². The van der Waals surface area contributed by atoms with Gasteiger partial charge >= 0.3 is 0 Å². The standard InChI is InChI=1S/C35H41N5O6/c1-19(2)32(35(43)36-18-30-38-25-10-8-9-11-27(25)40(30)4)39-26-15-13-22-23(17-28(26)42)24(37-20(3)41)14-12-21-16-29(44-5)33(45-6)34(46-7)31(21)22/h8-11,13,15-17,19,24,32H,12,14,18H2,1-7H3,(H,36,43)(H,37,41)(H,39,42)/t24-,32+/m0/s1. The lowest BCUT2D eigenvalue weighted by Gasteiger charge is -2.22. The SMILES string of the molecule is COc1cc2c(c(OC)c1OC)-c1ccc(N[C@@H](C(=O)NCc3nc4ccccc4n3C)C(C)C)c(=O)cc1[C@@H](NC(C)=O)CC2. The molecule has 1 aromatic heterocycles. The van der Waals surface area contributed by atoms with Crippen LogP contribution in [0, 0.1) is 5.92 Å². The van der Waals surface area contributed by atoms with Crippen LogP contribution in [0.15, 0.2) is 53.3 Å². The number of nitrogens with one attached hydrogen (secondary N) is 3. The zero-order valence-corrected chi connectivity index (χ0v) is 27.3. The number of anilines is 1. The van der Waals surface area contributed by atoms with E-state index in [-0.39, 0.29) is 35.4 Å². The monoisotopic (exact) mass is 627 g/mol. The number of ether oxygens (including phenoxy) is 3. The van der Waals surface area contributed by atoms with Crippen LogP contribution in [-0.2, 0) is 29.6 Å². The Bertz CT molecular complexity index is 1850. The van der Waals surface area contributed by atoms with Gasteiger partial charge in [0.15, 0.2) is 11.5 Å². The van der Waals surface area contributed by atoms with Crippen molar-refractivity contribution in [3.05, 3.63) is 75.7 Å². The third-order valence-electron chi connectivity index (χ3n) is 8.48. The lowest BCUT2D eigenvalue weighted by molar-refractivity contribution is -0.123. The molecule has 0 aliphatic heterocycles. The molecule has 0 spiro atoms. The molecule has 242 valence electrons. The number of nitrogens with zero attached hydrogens (tertiary/aromatic N) is 2. The maximum Gasteiger partial charge on any atom is 0.243 e. The highest BCUT2D eigenvalue weighted by molar-refractivity contribution is 5.86. The van der Waals surface area contributed by atoms with Crippen molar-refractivity contribution in [1.29, 1.82) is 0 Å². The summed E-state index contributed by atoms with van der Waals surface area (Å²) in [5, 5.41) is 9.23. The molecule has 3 N–H and O–H groups in total. The number of imidazole rings is 1. The second-order valence-corrected chi connectivity index (χ2v) is 11.8. The van der Waals surface area contributed by atoms with Crippen molar-refractivity contribution in [2.45, 2.75) is 52.2 Å². The van der Waals surface area contributed by atoms with E-state index in [9.17, 15) is 14.4 Å². The van der Waals surface area contributed by atoms with Gasteiger partial charge in [-0.15, -0.1) is 0 Å². The number of hydrogen-bond acceptors (Lipinski definition) is 8. The topological polar surface area (TPSA) is 133 Å². The minimum atomic E-state index is -0.707. The highest BCUT2D eigenvalue weighted by Crippen LogP contribution is 2.50. The number of carbonyl (C=O) groups is 2. The zero-order chi connectivity index (χ0) is 33.1. The third-order valence-corrected chi connectivity index (χ3v) is 8.48. The Balaban J connectivity index is 1.53. The van der Waals surface area contributed by atoms with E-state index in [4.69, 9.17) is 14.2 Å². The molecule has 0 saturated heterocycles. The lowest BCUT2D eigenvalue weighted by atomic mass is 9.95. The van der Waals surface area contributed by atoms with E-state index in [1.165, 1.54) is 13.0 Å². The Labute approximate surface area is 268 Å². The molecule has 1 heterocycles. The van der Waals surface area contributed by atoms with Crippen LogP contribution in [0.25, 0.3) is 22.2 Å². The van der Waals surface area contributed by atoms with Crippen LogP contribution >= 0.6 is 0 Å². The van der Waals surface area contributed by atoms with Gasteiger partial charge in [-0.05, 0) is 65.8 Å². The van der Waals surface area contributed by atoms with E-state index in [1.54, 1.807) is 27.4 Å². The van der Waals surface area contributed by atoms with Gasteiger partial charge in [-0.25, -0.2) is 4.98 Å². The van der Waals surface area contributed by atoms with Crippen molar-refractivity contribution in [3.8, 4) is 28.4 Å². The molecule has 4 aromatic rings. The van der Waals surface area contributed by atoms with E-state index >= 15 is 0 Å². The lowest BCUT2D eigenvalue weighted by Crippen LogP contribution is -2.43. The molecule has 3 aromatic carbocycles. The number of aryl methyl sites for hydroxylation is 2. The fourth-order valence-electron chi connectivity index (χ4n) is 6.16. The number of fused-ring (bicyclic) bond motifs is 4. The Kier molecular flexibility index (Phi) is 9.50. The van der Waals surface area contributed by atoms with Crippen LogP contribution in [-0.4, -0.2) is 48.7 Å². The van der Waals surface area contributed by atoms with Gasteiger partial charge in [0.25, 0.3) is 0 Å². The molecule has 2 atom stereocenters. The number of benzene rings is 2. The predicted molar refractivity (Wildman–Crippen MR) is 177 cm³/mol. The van der Waals surface area contributed by atoms with Crippen LogP contribution in [0.2, 0.25) is 0 Å². The Hall–Kier alpha value is -5.06. The molecule has 0 unspecified atom stereocenters. The van der Waals surface area contributed by atoms with E-state index in [2.05, 4.69) is 20.9 Å². The van der Waals surface area contributed by atoms with Crippen LogP contribution < -0.4 is 35.6 Å². The van der Waals surface area contributed by atoms with Crippen molar-refractivity contribution in [2.75, 3.05) is 26.6 Å². The third kappa shape index (κ3) is 6.22. The van der Waals surface area contributed by atoms with Gasteiger partial charge in [0, 0.05) is 19.5 Å². The van der Waals surface area contributed by atoms with Crippen LogP contribution in [0.5, 0.6) is 17.2 Å². The molecule has 0 bridgehead atoms. The highest BCUT2D eigenvalue weighted by atomic mass is 16.5. The molecule has 2 amide bonds. The van der Waals surface area contributed by atoms with Crippen LogP contribution in [0.3, 0.4) is 0 Å². The number of para-hydroxylation sites is 2. The van der Waals surface area contributed by atoms with Gasteiger partial charge in [0.05, 0.1) is 50.6 Å². The number of methoxy groups -OCH3 is 3. The van der Waals surface area contributed by atoms with E-state index in [1.807, 2.05) is 61.9 Å². The Morgan fingerprint density at radius 3 is 2.41 bits per heavy atom. The van der Waals surface area contributed by atoms with Gasteiger partial charge in [0.2, 0.25) is 23.0 Å². The van der Waals surface area contributed by atoms with Crippen molar-refractivity contribution in [2.24, 2.45) is 13.0 Å². The van der Waals surface area contributed by atoms with Gasteiger partial charge in [0.1, 0.15) is 11.9 Å². The zero-order valence-electron chi connectivity index (χ0n) is 27.3. The fourth-order valence-corrected chi connectivity index (χ4v) is 6.16. The molecule has 1 aliphatic carbocycles. The van der Waals surface area contributed by atoms with E-state index in [0.717, 1.165) is 28.0 Å². The van der Waals surface area contributed by atoms with Gasteiger partial charge in [-0.1, -0.05) is 32.0 Å². The quantitative estimate of drug-likeness (QED) is 0.234. The molecule has 5 rings (SSSR count). The van der Waals surface area contributed by atoms with Crippen LogP contribution in [0.4, 0.5) is 5.69 Å². The van der Waals surface area contributed by atoms with Crippen molar-refractivity contribution < 1.29 is 23.8 Å². The second-order valence-electron chi connectivity index (χ2n) is 11.8. The molecule has 1 aliphatic rings. The van der Waals surface area contributed by atoms with Crippen LogP contribution in [0.1, 0.15) is 50.2 Å². The summed E-state index contributed by atoms with van der Waals surface area (Å²) in [4.78, 5) is 44.3. The Morgan fingerprint density at radius 2 is 1.76 bits per heavy atom. The summed E-state index contributed by atoms with van der Waals surface area (Å²) in [6.07, 6.45) is 1.14. The number of carbonyl (C=O) groups excluding carboxylic acids is 2. The Morgan fingerprint density at radius 1 is 1.02 bits per heavy atom. The number of hydrogen-bond donors (Lipinski definition) is 3. The van der Waals surface area contributed by atoms with Crippen molar-refractivity contribution in [1.82, 2.24) is 20.2 Å². The summed E-state index contributed by atoms with van der Waals surface area (Å²) in [6.45, 7) is 5.53. The van der Waals surface area contributed by atoms with Gasteiger partial charge in [-0.3, -0.25) is 14.4 Å². The van der Waals surface area contributed by atoms with Gasteiger partial charge in [-0.2, -0.15) is 0 Å². The second kappa shape index (κ2) is 13.5. The molecular formula is C35H41N5O6. The molecule has 46 heavy (non-hydrogen) atoms. The summed E-state index contributed by atoms with van der Waals surface area (Å²) in [5.41, 5.74) is 4.81. The molecule has 0 fully saturated rings. The minimum Gasteiger partial charge on any atom is -0.493 e. The maximum atomic E-state index is 13.8.